The minimum atomic E-state index is -0.629. The van der Waals surface area contributed by atoms with Gasteiger partial charge in [-0.25, -0.2) is 0 Å². The van der Waals surface area contributed by atoms with Gasteiger partial charge in [0.1, 0.15) is 12.4 Å². The van der Waals surface area contributed by atoms with E-state index in [1.165, 1.54) is 0 Å². The van der Waals surface area contributed by atoms with Gasteiger partial charge in [-0.2, -0.15) is 0 Å². The second-order valence-corrected chi connectivity index (χ2v) is 6.91. The minimum absolute atomic E-state index is 0.0667. The number of hydrogen-bond acceptors (Lipinski definition) is 4. The maximum absolute atomic E-state index is 12.5. The summed E-state index contributed by atoms with van der Waals surface area (Å²) < 4.78 is 5.42. The van der Waals surface area contributed by atoms with E-state index >= 15 is 0 Å². The molecule has 128 valence electrons. The number of amides is 1. The first-order chi connectivity index (χ1) is 10.9. The number of hydrogen-bond donors (Lipinski definition) is 2. The second-order valence-electron chi connectivity index (χ2n) is 6.91. The number of aliphatic hydroxyl groups is 1. The van der Waals surface area contributed by atoms with Gasteiger partial charge in [-0.05, 0) is 63.3 Å². The van der Waals surface area contributed by atoms with Gasteiger partial charge in [-0.1, -0.05) is 0 Å². The van der Waals surface area contributed by atoms with Crippen LogP contribution in [0.1, 0.15) is 43.5 Å². The highest BCUT2D eigenvalue weighted by molar-refractivity contribution is 5.94. The highest BCUT2D eigenvalue weighted by atomic mass is 16.5. The average Bonchev–Trinajstić information content (AvgIpc) is 2.52. The Kier molecular flexibility index (Phi) is 6.02. The Morgan fingerprint density at radius 1 is 1.30 bits per heavy atom. The molecule has 0 saturated carbocycles. The maximum Gasteiger partial charge on any atom is 0.253 e. The zero-order valence-corrected chi connectivity index (χ0v) is 14.1. The van der Waals surface area contributed by atoms with E-state index < -0.39 is 5.60 Å². The lowest BCUT2D eigenvalue weighted by atomic mass is 9.86. The van der Waals surface area contributed by atoms with Crippen molar-refractivity contribution < 1.29 is 14.6 Å². The van der Waals surface area contributed by atoms with Crippen LogP contribution in [-0.4, -0.2) is 47.8 Å². The van der Waals surface area contributed by atoms with Gasteiger partial charge in [0.2, 0.25) is 0 Å². The highest BCUT2D eigenvalue weighted by Crippen LogP contribution is 2.27. The molecule has 5 nitrogen and oxygen atoms in total. The molecule has 1 aliphatic rings. The topological polar surface area (TPSA) is 75.8 Å². The van der Waals surface area contributed by atoms with Crippen LogP contribution in [0.5, 0.6) is 5.75 Å². The maximum atomic E-state index is 12.5. The molecular weight excluding hydrogens is 292 g/mol. The monoisotopic (exact) mass is 320 g/mol. The third-order valence-electron chi connectivity index (χ3n) is 4.18. The van der Waals surface area contributed by atoms with E-state index in [1.54, 1.807) is 12.1 Å². The molecule has 0 aromatic heterocycles. The van der Waals surface area contributed by atoms with Gasteiger partial charge in [0.25, 0.3) is 5.91 Å². The molecule has 0 bridgehead atoms. The van der Waals surface area contributed by atoms with Crippen molar-refractivity contribution in [1.29, 1.82) is 0 Å². The predicted octanol–water partition coefficient (Wildman–Crippen LogP) is 2.04. The van der Waals surface area contributed by atoms with Crippen LogP contribution in [0.3, 0.4) is 0 Å². The molecule has 0 radical (unpaired) electrons. The average molecular weight is 320 g/mol. The molecule has 1 aliphatic heterocycles. The number of likely N-dealkylation sites (tertiary alicyclic amines) is 1. The quantitative estimate of drug-likeness (QED) is 0.841. The first-order valence-electron chi connectivity index (χ1n) is 8.33. The molecule has 1 heterocycles. The number of piperidine rings is 1. The SMILES string of the molecule is CC(C)(O)CC1CCN(C(=O)c2ccc(OCCN)cc2)CC1. The van der Waals surface area contributed by atoms with E-state index in [9.17, 15) is 9.90 Å². The van der Waals surface area contributed by atoms with Gasteiger partial charge >= 0.3 is 0 Å². The molecule has 1 aromatic rings. The molecule has 23 heavy (non-hydrogen) atoms. The highest BCUT2D eigenvalue weighted by Gasteiger charge is 2.27. The summed E-state index contributed by atoms with van der Waals surface area (Å²) in [6, 6.07) is 7.22. The largest absolute Gasteiger partial charge is 0.492 e. The van der Waals surface area contributed by atoms with Crippen LogP contribution < -0.4 is 10.5 Å². The van der Waals surface area contributed by atoms with Gasteiger partial charge < -0.3 is 20.5 Å². The van der Waals surface area contributed by atoms with Gasteiger partial charge in [-0.3, -0.25) is 4.79 Å². The molecule has 0 unspecified atom stereocenters. The summed E-state index contributed by atoms with van der Waals surface area (Å²) >= 11 is 0. The summed E-state index contributed by atoms with van der Waals surface area (Å²) in [6.45, 7) is 6.15. The van der Waals surface area contributed by atoms with E-state index in [0.29, 0.717) is 24.6 Å². The summed E-state index contributed by atoms with van der Waals surface area (Å²) in [7, 11) is 0. The minimum Gasteiger partial charge on any atom is -0.492 e. The molecule has 1 amide bonds. The van der Waals surface area contributed by atoms with Crippen LogP contribution in [0.25, 0.3) is 0 Å². The first kappa shape index (κ1) is 17.8. The summed E-state index contributed by atoms with van der Waals surface area (Å²) in [6.07, 6.45) is 2.70. The molecule has 0 spiro atoms. The zero-order chi connectivity index (χ0) is 16.9. The molecule has 1 saturated heterocycles. The van der Waals surface area contributed by atoms with Crippen molar-refractivity contribution in [3.8, 4) is 5.75 Å². The van der Waals surface area contributed by atoms with Gasteiger partial charge in [0.05, 0.1) is 5.60 Å². The van der Waals surface area contributed by atoms with Crippen molar-refractivity contribution in [3.63, 3.8) is 0 Å². The first-order valence-corrected chi connectivity index (χ1v) is 8.33. The molecule has 5 heteroatoms. The van der Waals surface area contributed by atoms with Gasteiger partial charge in [-0.15, -0.1) is 0 Å². The fourth-order valence-corrected chi connectivity index (χ4v) is 3.10. The second kappa shape index (κ2) is 7.79. The third-order valence-corrected chi connectivity index (χ3v) is 4.18. The molecule has 1 aromatic carbocycles. The number of benzene rings is 1. The Balaban J connectivity index is 1.87. The number of ether oxygens (including phenoxy) is 1. The normalized spacial score (nSPS) is 16.4. The number of carbonyl (C=O) groups excluding carboxylic acids is 1. The number of rotatable bonds is 6. The number of nitrogens with zero attached hydrogens (tertiary/aromatic N) is 1. The van der Waals surface area contributed by atoms with Crippen molar-refractivity contribution in [2.75, 3.05) is 26.2 Å². The van der Waals surface area contributed by atoms with Crippen molar-refractivity contribution in [3.05, 3.63) is 29.8 Å². The van der Waals surface area contributed by atoms with Crippen molar-refractivity contribution in [2.24, 2.45) is 11.7 Å². The van der Waals surface area contributed by atoms with Crippen LogP contribution in [0, 0.1) is 5.92 Å². The lowest BCUT2D eigenvalue weighted by Crippen LogP contribution is -2.40. The van der Waals surface area contributed by atoms with Crippen molar-refractivity contribution in [2.45, 2.75) is 38.7 Å². The molecular formula is C18H28N2O3. The van der Waals surface area contributed by atoms with Crippen LogP contribution in [-0.2, 0) is 0 Å². The summed E-state index contributed by atoms with van der Waals surface area (Å²) in [5.41, 5.74) is 5.46. The molecule has 0 aliphatic carbocycles. The molecule has 3 N–H and O–H groups in total. The smallest absolute Gasteiger partial charge is 0.253 e. The number of carbonyl (C=O) groups is 1. The van der Waals surface area contributed by atoms with Crippen molar-refractivity contribution >= 4 is 5.91 Å². The number of nitrogens with two attached hydrogens (primary N) is 1. The predicted molar refractivity (Wildman–Crippen MR) is 90.5 cm³/mol. The van der Waals surface area contributed by atoms with E-state index in [2.05, 4.69) is 0 Å². The van der Waals surface area contributed by atoms with Crippen LogP contribution in [0.15, 0.2) is 24.3 Å². The van der Waals surface area contributed by atoms with E-state index in [1.807, 2.05) is 30.9 Å². The Bertz CT molecular complexity index is 500. The van der Waals surface area contributed by atoms with Gasteiger partial charge in [0.15, 0.2) is 0 Å². The third kappa shape index (κ3) is 5.52. The fourth-order valence-electron chi connectivity index (χ4n) is 3.10. The van der Waals surface area contributed by atoms with Crippen molar-refractivity contribution in [1.82, 2.24) is 4.90 Å². The Morgan fingerprint density at radius 2 is 1.91 bits per heavy atom. The van der Waals surface area contributed by atoms with E-state index in [4.69, 9.17) is 10.5 Å². The Morgan fingerprint density at radius 3 is 2.43 bits per heavy atom. The molecule has 0 atom stereocenters. The van der Waals surface area contributed by atoms with Crippen LogP contribution >= 0.6 is 0 Å². The summed E-state index contributed by atoms with van der Waals surface area (Å²) in [5, 5.41) is 9.91. The fraction of sp³-hybridized carbons (Fsp3) is 0.611. The Hall–Kier alpha value is -1.59. The Labute approximate surface area is 138 Å². The van der Waals surface area contributed by atoms with Crippen LogP contribution in [0.2, 0.25) is 0 Å². The van der Waals surface area contributed by atoms with E-state index in [-0.39, 0.29) is 5.91 Å². The molecule has 1 fully saturated rings. The summed E-state index contributed by atoms with van der Waals surface area (Å²) in [4.78, 5) is 14.4. The molecule has 2 rings (SSSR count). The summed E-state index contributed by atoms with van der Waals surface area (Å²) in [5.74, 6) is 1.29. The lowest BCUT2D eigenvalue weighted by molar-refractivity contribution is 0.0358. The zero-order valence-electron chi connectivity index (χ0n) is 14.1. The van der Waals surface area contributed by atoms with Gasteiger partial charge in [0, 0.05) is 25.2 Å². The standard InChI is InChI=1S/C18H28N2O3/c1-18(2,22)13-14-7-10-20(11-8-14)17(21)15-3-5-16(6-4-15)23-12-9-19/h3-6,14,22H,7-13,19H2,1-2H3. The van der Waals surface area contributed by atoms with E-state index in [0.717, 1.165) is 38.1 Å². The van der Waals surface area contributed by atoms with Crippen LogP contribution in [0.4, 0.5) is 0 Å². The lowest BCUT2D eigenvalue weighted by Gasteiger charge is -2.34.